The summed E-state index contributed by atoms with van der Waals surface area (Å²) in [7, 11) is 0. The zero-order chi connectivity index (χ0) is 21.3. The van der Waals surface area contributed by atoms with Gasteiger partial charge in [-0.2, -0.15) is 4.90 Å². The van der Waals surface area contributed by atoms with E-state index in [1.807, 2.05) is 6.07 Å². The second-order valence-corrected chi connectivity index (χ2v) is 8.76. The van der Waals surface area contributed by atoms with Crippen LogP contribution < -0.4 is 21.9 Å². The van der Waals surface area contributed by atoms with Crippen LogP contribution >= 0.6 is 0 Å². The molecule has 2 aliphatic heterocycles. The summed E-state index contributed by atoms with van der Waals surface area (Å²) in [6.45, 7) is 3.80. The monoisotopic (exact) mass is 490 g/mol. The molecule has 5 rings (SSSR count). The van der Waals surface area contributed by atoms with Gasteiger partial charge in [-0.1, -0.05) is 73.7 Å². The predicted octanol–water partition coefficient (Wildman–Crippen LogP) is 2.57. The van der Waals surface area contributed by atoms with Gasteiger partial charge in [0.05, 0.1) is 6.54 Å². The molecule has 0 fully saturated rings. The maximum absolute atomic E-state index is 12.1. The number of rotatable bonds is 4. The molecule has 0 amide bonds. The fourth-order valence-corrected chi connectivity index (χ4v) is 5.05. The van der Waals surface area contributed by atoms with Crippen molar-refractivity contribution >= 4 is 11.5 Å². The second kappa shape index (κ2) is 9.60. The minimum Gasteiger partial charge on any atom is -1.00 e. The Hall–Kier alpha value is -2.43. The highest BCUT2D eigenvalue weighted by atomic mass is 79.9. The van der Waals surface area contributed by atoms with Crippen LogP contribution in [0.5, 0.6) is 0 Å². The highest BCUT2D eigenvalue weighted by Crippen LogP contribution is 2.38. The average Bonchev–Trinajstić information content (AvgIpc) is 2.95. The first-order chi connectivity index (χ1) is 15.2. The van der Waals surface area contributed by atoms with Crippen molar-refractivity contribution in [1.29, 1.82) is 0 Å². The first kappa shape index (κ1) is 22.8. The number of aryl methyl sites for hydroxylation is 1. The normalized spacial score (nSPS) is 20.5. The molecule has 0 saturated heterocycles. The molecule has 3 aromatic carbocycles. The van der Waals surface area contributed by atoms with Crippen LogP contribution in [0, 0.1) is 0 Å². The Kier molecular flexibility index (Phi) is 6.82. The highest BCUT2D eigenvalue weighted by molar-refractivity contribution is 5.97. The van der Waals surface area contributed by atoms with Crippen molar-refractivity contribution < 1.29 is 26.7 Å². The number of anilines is 1. The van der Waals surface area contributed by atoms with Crippen molar-refractivity contribution in [3.63, 3.8) is 0 Å². The predicted molar refractivity (Wildman–Crippen MR) is 128 cm³/mol. The van der Waals surface area contributed by atoms with Crippen LogP contribution in [0.25, 0.3) is 11.1 Å². The van der Waals surface area contributed by atoms with Gasteiger partial charge >= 0.3 is 0 Å². The number of hydrogen-bond acceptors (Lipinski definition) is 2. The Morgan fingerprint density at radius 3 is 2.22 bits per heavy atom. The molecule has 3 nitrogen and oxygen atoms in total. The Bertz CT molecular complexity index is 1080. The summed E-state index contributed by atoms with van der Waals surface area (Å²) in [5.74, 6) is 1.26. The summed E-state index contributed by atoms with van der Waals surface area (Å²) in [4.78, 5) is 2.20. The van der Waals surface area contributed by atoms with Crippen LogP contribution in [0.1, 0.15) is 43.7 Å². The third kappa shape index (κ3) is 4.14. The van der Waals surface area contributed by atoms with Gasteiger partial charge in [0.15, 0.2) is 6.54 Å². The van der Waals surface area contributed by atoms with Crippen molar-refractivity contribution in [1.82, 2.24) is 0 Å². The van der Waals surface area contributed by atoms with Gasteiger partial charge in [0.25, 0.3) is 11.6 Å². The number of benzene rings is 3. The minimum absolute atomic E-state index is 0. The Balaban J connectivity index is 0.00000245. The molecule has 0 aromatic heterocycles. The molecule has 32 heavy (non-hydrogen) atoms. The first-order valence-electron chi connectivity index (χ1n) is 11.6. The Morgan fingerprint density at radius 2 is 1.53 bits per heavy atom. The fourth-order valence-electron chi connectivity index (χ4n) is 5.05. The molecular weight excluding hydrogens is 460 g/mol. The van der Waals surface area contributed by atoms with E-state index in [1.54, 1.807) is 0 Å². The van der Waals surface area contributed by atoms with E-state index in [0.29, 0.717) is 6.54 Å². The van der Waals surface area contributed by atoms with Crippen molar-refractivity contribution in [2.75, 3.05) is 18.0 Å². The first-order valence-corrected chi connectivity index (χ1v) is 11.6. The van der Waals surface area contributed by atoms with Gasteiger partial charge in [-0.05, 0) is 54.5 Å². The van der Waals surface area contributed by atoms with Crippen molar-refractivity contribution in [3.8, 4) is 11.1 Å². The van der Waals surface area contributed by atoms with E-state index < -0.39 is 5.72 Å². The van der Waals surface area contributed by atoms with Crippen LogP contribution in [0.3, 0.4) is 0 Å². The fraction of sp³-hybridized carbons (Fsp3) is 0.321. The third-order valence-corrected chi connectivity index (χ3v) is 6.79. The van der Waals surface area contributed by atoms with Gasteiger partial charge < -0.3 is 22.1 Å². The number of halogens is 1. The maximum Gasteiger partial charge on any atom is 0.275 e. The quantitative estimate of drug-likeness (QED) is 0.568. The summed E-state index contributed by atoms with van der Waals surface area (Å²) < 4.78 is 2.41. The molecular formula is C28H31BrN2O. The number of aliphatic hydroxyl groups is 1. The van der Waals surface area contributed by atoms with Gasteiger partial charge in [0.1, 0.15) is 5.69 Å². The Morgan fingerprint density at radius 1 is 0.844 bits per heavy atom. The SMILES string of the molecule is CCc1ccc(C2(O)C[N+]3=C(CCCCC3)N2c2ccc(-c3ccccc3)cc2)cc1.[Br-]. The number of hydrogen-bond donors (Lipinski definition) is 1. The summed E-state index contributed by atoms with van der Waals surface area (Å²) in [6.07, 6.45) is 5.64. The van der Waals surface area contributed by atoms with Crippen molar-refractivity contribution in [2.24, 2.45) is 0 Å². The smallest absolute Gasteiger partial charge is 0.275 e. The van der Waals surface area contributed by atoms with E-state index in [0.717, 1.165) is 30.6 Å². The molecule has 3 aromatic rings. The highest BCUT2D eigenvalue weighted by Gasteiger charge is 2.53. The lowest BCUT2D eigenvalue weighted by Crippen LogP contribution is -3.00. The van der Waals surface area contributed by atoms with Crippen LogP contribution in [-0.4, -0.2) is 28.6 Å². The minimum atomic E-state index is -1.05. The molecule has 0 bridgehead atoms. The van der Waals surface area contributed by atoms with E-state index in [4.69, 9.17) is 0 Å². The molecule has 0 aliphatic carbocycles. The van der Waals surface area contributed by atoms with E-state index in [9.17, 15) is 5.11 Å². The van der Waals surface area contributed by atoms with Crippen LogP contribution in [0.15, 0.2) is 78.9 Å². The zero-order valence-electron chi connectivity index (χ0n) is 18.7. The van der Waals surface area contributed by atoms with Gasteiger partial charge in [0.2, 0.25) is 0 Å². The molecule has 0 saturated carbocycles. The molecule has 1 N–H and O–H groups in total. The van der Waals surface area contributed by atoms with E-state index in [1.165, 1.54) is 41.8 Å². The van der Waals surface area contributed by atoms with Crippen LogP contribution in [0.4, 0.5) is 5.69 Å². The largest absolute Gasteiger partial charge is 1.00 e. The molecule has 0 spiro atoms. The van der Waals surface area contributed by atoms with Crippen molar-refractivity contribution in [3.05, 3.63) is 90.0 Å². The van der Waals surface area contributed by atoms with Gasteiger partial charge in [0, 0.05) is 12.0 Å². The summed E-state index contributed by atoms with van der Waals surface area (Å²) in [5.41, 5.74) is 4.68. The molecule has 4 heteroatoms. The molecule has 2 aliphatic rings. The maximum atomic E-state index is 12.1. The lowest BCUT2D eigenvalue weighted by atomic mass is 9.97. The van der Waals surface area contributed by atoms with Gasteiger partial charge in [-0.15, -0.1) is 0 Å². The molecule has 1 unspecified atom stereocenters. The standard InChI is InChI=1S/C28H31N2O.BrH/c1-2-22-12-16-25(17-13-22)28(31)21-29-20-8-4-7-11-27(29)30(28)26-18-14-24(15-19-26)23-9-5-3-6-10-23;/h3,5-6,9-10,12-19,31H,2,4,7-8,11,20-21H2,1H3;1H/q+1;/p-1. The molecule has 2 heterocycles. The van der Waals surface area contributed by atoms with Crippen LogP contribution in [0.2, 0.25) is 0 Å². The Labute approximate surface area is 201 Å². The van der Waals surface area contributed by atoms with E-state index in [2.05, 4.69) is 89.2 Å². The molecule has 0 radical (unpaired) electrons. The van der Waals surface area contributed by atoms with Gasteiger partial charge in [-0.3, -0.25) is 4.58 Å². The number of nitrogens with zero attached hydrogens (tertiary/aromatic N) is 2. The zero-order valence-corrected chi connectivity index (χ0v) is 20.3. The summed E-state index contributed by atoms with van der Waals surface area (Å²) in [5, 5.41) is 12.1. The molecule has 166 valence electrons. The van der Waals surface area contributed by atoms with Gasteiger partial charge in [-0.25, -0.2) is 0 Å². The van der Waals surface area contributed by atoms with E-state index >= 15 is 0 Å². The lowest BCUT2D eigenvalue weighted by Gasteiger charge is -2.29. The summed E-state index contributed by atoms with van der Waals surface area (Å²) >= 11 is 0. The third-order valence-electron chi connectivity index (χ3n) is 6.79. The number of amidine groups is 1. The average molecular weight is 491 g/mol. The summed E-state index contributed by atoms with van der Waals surface area (Å²) in [6, 6.07) is 27.6. The lowest BCUT2D eigenvalue weighted by molar-refractivity contribution is -0.534. The topological polar surface area (TPSA) is 26.5 Å². The second-order valence-electron chi connectivity index (χ2n) is 8.76. The van der Waals surface area contributed by atoms with E-state index in [-0.39, 0.29) is 17.0 Å². The van der Waals surface area contributed by atoms with Crippen molar-refractivity contribution in [2.45, 2.75) is 44.8 Å². The molecule has 1 atom stereocenters. The van der Waals surface area contributed by atoms with Crippen LogP contribution in [-0.2, 0) is 12.1 Å².